The van der Waals surface area contributed by atoms with Gasteiger partial charge in [0.05, 0.1) is 18.7 Å². The Hall–Kier alpha value is -3.80. The second kappa shape index (κ2) is 10.0. The highest BCUT2D eigenvalue weighted by Crippen LogP contribution is 2.36. The van der Waals surface area contributed by atoms with Crippen molar-refractivity contribution < 1.29 is 19.1 Å². The number of carbonyl (C=O) groups excluding carboxylic acids is 2. The highest BCUT2D eigenvalue weighted by Gasteiger charge is 2.31. The Balaban J connectivity index is 1.42. The van der Waals surface area contributed by atoms with E-state index in [-0.39, 0.29) is 18.2 Å². The van der Waals surface area contributed by atoms with Crippen molar-refractivity contribution in [3.05, 3.63) is 84.4 Å². The smallest absolute Gasteiger partial charge is 0.267 e. The number of carbonyl (C=O) groups is 2. The Morgan fingerprint density at radius 3 is 2.50 bits per heavy atom. The molecule has 1 N–H and O–H groups in total. The van der Waals surface area contributed by atoms with Crippen molar-refractivity contribution in [2.75, 3.05) is 23.4 Å². The Labute approximate surface area is 187 Å². The van der Waals surface area contributed by atoms with Crippen molar-refractivity contribution in [1.82, 2.24) is 0 Å². The molecule has 3 aromatic carbocycles. The molecule has 32 heavy (non-hydrogen) atoms. The number of para-hydroxylation sites is 1. The van der Waals surface area contributed by atoms with E-state index in [2.05, 4.69) is 5.32 Å². The van der Waals surface area contributed by atoms with Crippen LogP contribution < -0.4 is 19.7 Å². The number of benzene rings is 3. The number of hydrogen-bond acceptors (Lipinski definition) is 4. The largest absolute Gasteiger partial charge is 0.494 e. The predicted octanol–water partition coefficient (Wildman–Crippen LogP) is 4.45. The van der Waals surface area contributed by atoms with Gasteiger partial charge in [-0.05, 0) is 49.2 Å². The second-order valence-corrected chi connectivity index (χ2v) is 7.66. The summed E-state index contributed by atoms with van der Waals surface area (Å²) in [5.41, 5.74) is 2.22. The summed E-state index contributed by atoms with van der Waals surface area (Å²) in [6, 6.07) is 24.5. The second-order valence-electron chi connectivity index (χ2n) is 7.66. The molecule has 6 nitrogen and oxygen atoms in total. The first-order valence-electron chi connectivity index (χ1n) is 10.7. The van der Waals surface area contributed by atoms with Gasteiger partial charge >= 0.3 is 0 Å². The van der Waals surface area contributed by atoms with Crippen LogP contribution in [0.3, 0.4) is 0 Å². The van der Waals surface area contributed by atoms with Crippen LogP contribution in [-0.4, -0.2) is 31.1 Å². The summed E-state index contributed by atoms with van der Waals surface area (Å²) < 4.78 is 11.5. The van der Waals surface area contributed by atoms with Crippen molar-refractivity contribution in [2.24, 2.45) is 0 Å². The number of nitrogens with one attached hydrogen (secondary N) is 1. The molecule has 0 aliphatic carbocycles. The van der Waals surface area contributed by atoms with Gasteiger partial charge in [-0.15, -0.1) is 0 Å². The van der Waals surface area contributed by atoms with Crippen molar-refractivity contribution in [3.8, 4) is 11.5 Å². The Morgan fingerprint density at radius 1 is 1.03 bits per heavy atom. The van der Waals surface area contributed by atoms with E-state index >= 15 is 0 Å². The molecule has 0 aromatic heterocycles. The molecule has 1 unspecified atom stereocenters. The Bertz CT molecular complexity index is 1070. The number of ether oxygens (including phenoxy) is 2. The number of rotatable bonds is 8. The van der Waals surface area contributed by atoms with Gasteiger partial charge in [0.25, 0.3) is 5.91 Å². The molecular formula is C26H26N2O4. The summed E-state index contributed by atoms with van der Waals surface area (Å²) in [6.45, 7) is 2.73. The van der Waals surface area contributed by atoms with Crippen molar-refractivity contribution >= 4 is 23.2 Å². The molecule has 2 amide bonds. The molecule has 6 heteroatoms. The van der Waals surface area contributed by atoms with Gasteiger partial charge in [0.1, 0.15) is 11.5 Å². The normalized spacial score (nSPS) is 15.0. The maximum absolute atomic E-state index is 12.8. The predicted molar refractivity (Wildman–Crippen MR) is 124 cm³/mol. The summed E-state index contributed by atoms with van der Waals surface area (Å²) in [4.78, 5) is 27.0. The highest BCUT2D eigenvalue weighted by atomic mass is 16.5. The molecule has 4 rings (SSSR count). The first kappa shape index (κ1) is 21.4. The van der Waals surface area contributed by atoms with E-state index in [9.17, 15) is 9.59 Å². The van der Waals surface area contributed by atoms with Gasteiger partial charge in [-0.1, -0.05) is 48.5 Å². The fraction of sp³-hybridized carbons (Fsp3) is 0.231. The number of fused-ring (bicyclic) bond motifs is 1. The lowest BCUT2D eigenvalue weighted by Gasteiger charge is -2.33. The van der Waals surface area contributed by atoms with Crippen molar-refractivity contribution in [2.45, 2.75) is 25.9 Å². The van der Waals surface area contributed by atoms with Crippen LogP contribution in [0.5, 0.6) is 11.5 Å². The Kier molecular flexibility index (Phi) is 6.70. The molecular weight excluding hydrogens is 404 g/mol. The molecule has 0 saturated heterocycles. The van der Waals surface area contributed by atoms with Gasteiger partial charge in [-0.2, -0.15) is 0 Å². The maximum atomic E-state index is 12.8. The fourth-order valence-electron chi connectivity index (χ4n) is 3.63. The zero-order chi connectivity index (χ0) is 22.3. The lowest BCUT2D eigenvalue weighted by atomic mass is 10.1. The number of anilines is 2. The SMILES string of the molecule is CC1Oc2ccc(NC(=O)Cc3ccccc3)cc2N(CCCOc2ccccc2)C1=O. The first-order chi connectivity index (χ1) is 15.6. The molecule has 1 atom stereocenters. The van der Waals surface area contributed by atoms with Gasteiger partial charge in [0.2, 0.25) is 5.91 Å². The summed E-state index contributed by atoms with van der Waals surface area (Å²) >= 11 is 0. The summed E-state index contributed by atoms with van der Waals surface area (Å²) in [5, 5.41) is 2.92. The molecule has 3 aromatic rings. The van der Waals surface area contributed by atoms with Gasteiger partial charge in [0.15, 0.2) is 6.10 Å². The standard InChI is InChI=1S/C26H26N2O4/c1-19-26(30)28(15-8-16-31-22-11-6-3-7-12-22)23-18-21(13-14-24(23)32-19)27-25(29)17-20-9-4-2-5-10-20/h2-7,9-14,18-19H,8,15-17H2,1H3,(H,27,29). The monoisotopic (exact) mass is 430 g/mol. The quantitative estimate of drug-likeness (QED) is 0.536. The third kappa shape index (κ3) is 5.27. The molecule has 0 saturated carbocycles. The molecule has 0 spiro atoms. The lowest BCUT2D eigenvalue weighted by molar-refractivity contribution is -0.125. The average Bonchev–Trinajstić information content (AvgIpc) is 2.80. The molecule has 164 valence electrons. The number of nitrogens with zero attached hydrogens (tertiary/aromatic N) is 1. The van der Waals surface area contributed by atoms with Crippen LogP contribution >= 0.6 is 0 Å². The van der Waals surface area contributed by atoms with E-state index in [4.69, 9.17) is 9.47 Å². The lowest BCUT2D eigenvalue weighted by Crippen LogP contribution is -2.45. The molecule has 1 aliphatic heterocycles. The Morgan fingerprint density at radius 2 is 1.75 bits per heavy atom. The summed E-state index contributed by atoms with van der Waals surface area (Å²) in [7, 11) is 0. The van der Waals surface area contributed by atoms with Crippen LogP contribution in [0, 0.1) is 0 Å². The third-order valence-electron chi connectivity index (χ3n) is 5.20. The molecule has 0 fully saturated rings. The number of amides is 2. The van der Waals surface area contributed by atoms with Crippen LogP contribution in [0.15, 0.2) is 78.9 Å². The fourth-order valence-corrected chi connectivity index (χ4v) is 3.63. The maximum Gasteiger partial charge on any atom is 0.267 e. The minimum Gasteiger partial charge on any atom is -0.494 e. The summed E-state index contributed by atoms with van der Waals surface area (Å²) in [5.74, 6) is 1.21. The van der Waals surface area contributed by atoms with Gasteiger partial charge < -0.3 is 19.7 Å². The van der Waals surface area contributed by atoms with Gasteiger partial charge in [0, 0.05) is 12.2 Å². The summed E-state index contributed by atoms with van der Waals surface area (Å²) in [6.07, 6.45) is 0.388. The molecule has 0 radical (unpaired) electrons. The molecule has 0 bridgehead atoms. The number of hydrogen-bond donors (Lipinski definition) is 1. The van der Waals surface area contributed by atoms with E-state index < -0.39 is 6.10 Å². The van der Waals surface area contributed by atoms with E-state index in [1.165, 1.54) is 0 Å². The highest BCUT2D eigenvalue weighted by molar-refractivity contribution is 6.01. The zero-order valence-corrected chi connectivity index (χ0v) is 18.0. The van der Waals surface area contributed by atoms with Gasteiger partial charge in [-0.25, -0.2) is 0 Å². The minimum atomic E-state index is -0.559. The topological polar surface area (TPSA) is 67.9 Å². The van der Waals surface area contributed by atoms with Crippen LogP contribution in [0.2, 0.25) is 0 Å². The van der Waals surface area contributed by atoms with E-state index in [0.29, 0.717) is 36.7 Å². The third-order valence-corrected chi connectivity index (χ3v) is 5.20. The van der Waals surface area contributed by atoms with E-state index in [1.807, 2.05) is 60.7 Å². The van der Waals surface area contributed by atoms with Crippen LogP contribution in [0.25, 0.3) is 0 Å². The molecule has 1 aliphatic rings. The van der Waals surface area contributed by atoms with Crippen LogP contribution in [0.4, 0.5) is 11.4 Å². The van der Waals surface area contributed by atoms with E-state index in [1.54, 1.807) is 30.0 Å². The zero-order valence-electron chi connectivity index (χ0n) is 18.0. The van der Waals surface area contributed by atoms with E-state index in [0.717, 1.165) is 11.3 Å². The van der Waals surface area contributed by atoms with Crippen molar-refractivity contribution in [1.29, 1.82) is 0 Å². The van der Waals surface area contributed by atoms with Crippen molar-refractivity contribution in [3.63, 3.8) is 0 Å². The van der Waals surface area contributed by atoms with Crippen LogP contribution in [0.1, 0.15) is 18.9 Å². The molecule has 1 heterocycles. The minimum absolute atomic E-state index is 0.107. The van der Waals surface area contributed by atoms with Crippen LogP contribution in [-0.2, 0) is 16.0 Å². The first-order valence-corrected chi connectivity index (χ1v) is 10.7. The van der Waals surface area contributed by atoms with Gasteiger partial charge in [-0.3, -0.25) is 9.59 Å². The average molecular weight is 431 g/mol.